The number of unbranched alkanes of at least 4 members (excludes halogenated alkanes) is 1. The van der Waals surface area contributed by atoms with Gasteiger partial charge >= 0.3 is 5.97 Å². The molecule has 1 aromatic rings. The van der Waals surface area contributed by atoms with Gasteiger partial charge in [-0.25, -0.2) is 9.18 Å². The van der Waals surface area contributed by atoms with Gasteiger partial charge in [0.25, 0.3) is 11.7 Å². The van der Waals surface area contributed by atoms with Crippen LogP contribution >= 0.6 is 0 Å². The van der Waals surface area contributed by atoms with Crippen LogP contribution in [0.5, 0.6) is 0 Å². The molecule has 0 aliphatic carbocycles. The molecule has 106 valence electrons. The quantitative estimate of drug-likeness (QED) is 0.836. The van der Waals surface area contributed by atoms with Crippen LogP contribution in [0.4, 0.5) is 10.1 Å². The number of carbonyl (C=O) groups excluding carboxylic acids is 2. The Kier molecular flexibility index (Phi) is 3.83. The molecule has 1 aliphatic heterocycles. The summed E-state index contributed by atoms with van der Waals surface area (Å²) in [6, 6.07) is 2.54. The highest BCUT2D eigenvalue weighted by atomic mass is 19.1. The van der Waals surface area contributed by atoms with Crippen LogP contribution < -0.4 is 4.90 Å². The van der Waals surface area contributed by atoms with Crippen molar-refractivity contribution >= 4 is 23.3 Å². The van der Waals surface area contributed by atoms with Crippen molar-refractivity contribution in [2.45, 2.75) is 32.2 Å². The van der Waals surface area contributed by atoms with Crippen molar-refractivity contribution in [1.29, 1.82) is 0 Å². The third-order valence-corrected chi connectivity index (χ3v) is 3.31. The second-order valence-electron chi connectivity index (χ2n) is 4.64. The minimum atomic E-state index is -1.24. The van der Waals surface area contributed by atoms with Crippen LogP contribution in [0.2, 0.25) is 0 Å². The van der Waals surface area contributed by atoms with Crippen LogP contribution in [0.15, 0.2) is 18.2 Å². The fourth-order valence-electron chi connectivity index (χ4n) is 2.33. The fourth-order valence-corrected chi connectivity index (χ4v) is 2.33. The summed E-state index contributed by atoms with van der Waals surface area (Å²) in [5.74, 6) is -3.84. The van der Waals surface area contributed by atoms with E-state index in [2.05, 4.69) is 0 Å². The van der Waals surface area contributed by atoms with Gasteiger partial charge < -0.3 is 5.11 Å². The lowest BCUT2D eigenvalue weighted by Crippen LogP contribution is -2.44. The molecule has 0 saturated carbocycles. The minimum absolute atomic E-state index is 0.0715. The van der Waals surface area contributed by atoms with Gasteiger partial charge in [-0.2, -0.15) is 0 Å². The first-order valence-corrected chi connectivity index (χ1v) is 6.38. The average Bonchev–Trinajstić information content (AvgIpc) is 2.65. The predicted octanol–water partition coefficient (Wildman–Crippen LogP) is 2.00. The molecule has 5 nitrogen and oxygen atoms in total. The third-order valence-electron chi connectivity index (χ3n) is 3.31. The Labute approximate surface area is 115 Å². The van der Waals surface area contributed by atoms with Crippen molar-refractivity contribution in [3.63, 3.8) is 0 Å². The van der Waals surface area contributed by atoms with E-state index in [-0.39, 0.29) is 17.7 Å². The molecular formula is C14H14FNO4. The zero-order chi connectivity index (χ0) is 14.9. The molecular weight excluding hydrogens is 265 g/mol. The molecule has 20 heavy (non-hydrogen) atoms. The Morgan fingerprint density at radius 1 is 1.40 bits per heavy atom. The van der Waals surface area contributed by atoms with E-state index in [1.165, 1.54) is 12.1 Å². The maximum atomic E-state index is 13.9. The smallest absolute Gasteiger partial charge is 0.326 e. The van der Waals surface area contributed by atoms with Crippen LogP contribution in [0.3, 0.4) is 0 Å². The number of benzene rings is 1. The van der Waals surface area contributed by atoms with E-state index in [4.69, 9.17) is 0 Å². The summed E-state index contributed by atoms with van der Waals surface area (Å²) in [4.78, 5) is 35.9. The number of anilines is 1. The number of hydrogen-bond donors (Lipinski definition) is 1. The molecule has 1 atom stereocenters. The summed E-state index contributed by atoms with van der Waals surface area (Å²) in [7, 11) is 0. The van der Waals surface area contributed by atoms with Gasteiger partial charge in [-0.1, -0.05) is 25.8 Å². The SMILES string of the molecule is CCCCC(C(=O)O)N1C(=O)C(=O)c2cccc(F)c21. The minimum Gasteiger partial charge on any atom is -0.480 e. The molecule has 1 N–H and O–H groups in total. The number of carboxylic acids is 1. The summed E-state index contributed by atoms with van der Waals surface area (Å²) < 4.78 is 13.9. The number of carbonyl (C=O) groups is 3. The number of fused-ring (bicyclic) bond motifs is 1. The number of rotatable bonds is 5. The highest BCUT2D eigenvalue weighted by molar-refractivity contribution is 6.52. The Hall–Kier alpha value is -2.24. The van der Waals surface area contributed by atoms with Gasteiger partial charge in [0.05, 0.1) is 11.3 Å². The molecule has 0 fully saturated rings. The van der Waals surface area contributed by atoms with E-state index in [1.54, 1.807) is 0 Å². The lowest BCUT2D eigenvalue weighted by atomic mass is 10.1. The van der Waals surface area contributed by atoms with E-state index in [9.17, 15) is 23.9 Å². The third kappa shape index (κ3) is 2.17. The highest BCUT2D eigenvalue weighted by Crippen LogP contribution is 2.34. The Morgan fingerprint density at radius 3 is 2.70 bits per heavy atom. The summed E-state index contributed by atoms with van der Waals surface area (Å²) in [5, 5.41) is 9.25. The lowest BCUT2D eigenvalue weighted by Gasteiger charge is -2.24. The van der Waals surface area contributed by atoms with Crippen LogP contribution in [-0.4, -0.2) is 28.8 Å². The number of amides is 1. The molecule has 2 rings (SSSR count). The van der Waals surface area contributed by atoms with Gasteiger partial charge in [0.2, 0.25) is 0 Å². The number of Topliss-reactive ketones (excluding diaryl/α,β-unsaturated/α-hetero) is 1. The average molecular weight is 279 g/mol. The van der Waals surface area contributed by atoms with Crippen molar-refractivity contribution in [1.82, 2.24) is 0 Å². The lowest BCUT2D eigenvalue weighted by molar-refractivity contribution is -0.139. The van der Waals surface area contributed by atoms with Gasteiger partial charge in [0.1, 0.15) is 11.9 Å². The molecule has 1 amide bonds. The zero-order valence-electron chi connectivity index (χ0n) is 10.9. The molecule has 0 aromatic heterocycles. The van der Waals surface area contributed by atoms with Crippen LogP contribution in [-0.2, 0) is 9.59 Å². The highest BCUT2D eigenvalue weighted by Gasteiger charge is 2.43. The number of para-hydroxylation sites is 1. The first kappa shape index (κ1) is 14.2. The fraction of sp³-hybridized carbons (Fsp3) is 0.357. The topological polar surface area (TPSA) is 74.7 Å². The number of ketones is 1. The maximum absolute atomic E-state index is 13.9. The Morgan fingerprint density at radius 2 is 2.10 bits per heavy atom. The second-order valence-corrected chi connectivity index (χ2v) is 4.64. The van der Waals surface area contributed by atoms with Crippen LogP contribution in [0, 0.1) is 5.82 Å². The van der Waals surface area contributed by atoms with Gasteiger partial charge in [-0.15, -0.1) is 0 Å². The number of carboxylic acid groups (broad SMARTS) is 1. The van der Waals surface area contributed by atoms with Gasteiger partial charge in [0, 0.05) is 0 Å². The van der Waals surface area contributed by atoms with Crippen LogP contribution in [0.1, 0.15) is 36.5 Å². The van der Waals surface area contributed by atoms with Crippen molar-refractivity contribution in [2.24, 2.45) is 0 Å². The number of aliphatic carboxylic acids is 1. The monoisotopic (exact) mass is 279 g/mol. The summed E-state index contributed by atoms with van der Waals surface area (Å²) >= 11 is 0. The van der Waals surface area contributed by atoms with Crippen molar-refractivity contribution < 1.29 is 23.9 Å². The van der Waals surface area contributed by atoms with Gasteiger partial charge in [-0.3, -0.25) is 14.5 Å². The Bertz CT molecular complexity index is 585. The van der Waals surface area contributed by atoms with Gasteiger partial charge in [0.15, 0.2) is 0 Å². The molecule has 1 heterocycles. The molecule has 1 aliphatic rings. The molecule has 0 spiro atoms. The molecule has 6 heteroatoms. The molecule has 1 unspecified atom stereocenters. The predicted molar refractivity (Wildman–Crippen MR) is 69.2 cm³/mol. The summed E-state index contributed by atoms with van der Waals surface area (Å²) in [5.41, 5.74) is -0.288. The number of nitrogens with zero attached hydrogens (tertiary/aromatic N) is 1. The number of hydrogen-bond acceptors (Lipinski definition) is 3. The van der Waals surface area contributed by atoms with E-state index >= 15 is 0 Å². The first-order valence-electron chi connectivity index (χ1n) is 6.38. The summed E-state index contributed by atoms with van der Waals surface area (Å²) in [6.45, 7) is 1.88. The molecule has 1 aromatic carbocycles. The van der Waals surface area contributed by atoms with E-state index in [1.807, 2.05) is 6.92 Å². The van der Waals surface area contributed by atoms with E-state index in [0.29, 0.717) is 6.42 Å². The zero-order valence-corrected chi connectivity index (χ0v) is 10.9. The molecule has 0 saturated heterocycles. The van der Waals surface area contributed by atoms with Crippen molar-refractivity contribution in [3.8, 4) is 0 Å². The van der Waals surface area contributed by atoms with Gasteiger partial charge in [-0.05, 0) is 18.6 Å². The second kappa shape index (κ2) is 5.40. The molecule has 0 radical (unpaired) electrons. The normalized spacial score (nSPS) is 15.4. The first-order chi connectivity index (χ1) is 9.49. The van der Waals surface area contributed by atoms with Crippen molar-refractivity contribution in [2.75, 3.05) is 4.90 Å². The Balaban J connectivity index is 2.49. The summed E-state index contributed by atoms with van der Waals surface area (Å²) in [6.07, 6.45) is 1.49. The largest absolute Gasteiger partial charge is 0.480 e. The van der Waals surface area contributed by atoms with E-state index < -0.39 is 29.5 Å². The molecule has 0 bridgehead atoms. The van der Waals surface area contributed by atoms with Crippen LogP contribution in [0.25, 0.3) is 0 Å². The van der Waals surface area contributed by atoms with E-state index in [0.717, 1.165) is 17.4 Å². The van der Waals surface area contributed by atoms with Crippen molar-refractivity contribution in [3.05, 3.63) is 29.6 Å². The standard InChI is InChI=1S/C14H14FNO4/c1-2-3-7-10(14(19)20)16-11-8(12(17)13(16)18)5-4-6-9(11)15/h4-6,10H,2-3,7H2,1H3,(H,19,20). The number of halogens is 1. The maximum Gasteiger partial charge on any atom is 0.326 e.